The van der Waals surface area contributed by atoms with Gasteiger partial charge < -0.3 is 16.0 Å². The van der Waals surface area contributed by atoms with E-state index in [-0.39, 0.29) is 24.2 Å². The van der Waals surface area contributed by atoms with E-state index in [1.54, 1.807) is 40.0 Å². The topological polar surface area (TPSA) is 103 Å². The van der Waals surface area contributed by atoms with Gasteiger partial charge in [-0.1, -0.05) is 19.9 Å². The fraction of sp³-hybridized carbons (Fsp3) is 0.417. The maximum atomic E-state index is 14.4. The summed E-state index contributed by atoms with van der Waals surface area (Å²) in [6.45, 7) is 5.09. The molecule has 0 radical (unpaired) electrons. The fourth-order valence-corrected chi connectivity index (χ4v) is 3.80. The molecule has 0 fully saturated rings. The number of hydrogen-bond acceptors (Lipinski definition) is 5. The maximum Gasteiger partial charge on any atom is 0.416 e. The number of hydrogen-bond donors (Lipinski definition) is 3. The van der Waals surface area contributed by atoms with Crippen molar-refractivity contribution in [2.45, 2.75) is 51.5 Å². The second-order valence-corrected chi connectivity index (χ2v) is 8.84. The highest BCUT2D eigenvalue weighted by molar-refractivity contribution is 6.09. The Bertz CT molecular complexity index is 1150. The molecule has 0 spiro atoms. The first kappa shape index (κ1) is 27.1. The average Bonchev–Trinajstić information content (AvgIpc) is 3.21. The molecule has 3 rings (SSSR count). The van der Waals surface area contributed by atoms with Crippen molar-refractivity contribution in [3.05, 3.63) is 53.5 Å². The summed E-state index contributed by atoms with van der Waals surface area (Å²) in [5.41, 5.74) is -1.07. The molecule has 3 amide bonds. The molecule has 8 nitrogen and oxygen atoms in total. The lowest BCUT2D eigenvalue weighted by Gasteiger charge is -2.31. The Labute approximate surface area is 205 Å². The molecule has 3 unspecified atom stereocenters. The SMILES string of the molecule is CNC(C)C(=O)NC(C(=O)N1c2ncccc2CC1C(=O)Nc1ccc(C(F)(F)F)cc1F)C(C)C. The quantitative estimate of drug-likeness (QED) is 0.498. The van der Waals surface area contributed by atoms with E-state index in [0.717, 1.165) is 11.0 Å². The molecule has 0 aliphatic carbocycles. The molecule has 194 valence electrons. The first-order valence-electron chi connectivity index (χ1n) is 11.3. The number of pyridine rings is 1. The Balaban J connectivity index is 1.91. The molecule has 12 heteroatoms. The summed E-state index contributed by atoms with van der Waals surface area (Å²) in [6.07, 6.45) is -3.25. The molecule has 1 aliphatic rings. The fourth-order valence-electron chi connectivity index (χ4n) is 3.80. The third-order valence-electron chi connectivity index (χ3n) is 5.97. The number of likely N-dealkylation sites (N-methyl/N-ethyl adjacent to an activating group) is 1. The molecule has 1 aromatic heterocycles. The van der Waals surface area contributed by atoms with Crippen LogP contribution in [-0.4, -0.2) is 47.9 Å². The normalized spacial score (nSPS) is 16.9. The standard InChI is InChI=1S/C24H27F4N5O3/c1-12(2)19(32-21(34)13(3)29-4)23(36)33-18(10-14-6-5-9-30-20(14)33)22(35)31-17-8-7-15(11-16(17)25)24(26,27)28/h5-9,11-13,18-19,29H,10H2,1-4H3,(H,31,35)(H,32,34). The van der Waals surface area contributed by atoms with Gasteiger partial charge in [-0.2, -0.15) is 13.2 Å². The highest BCUT2D eigenvalue weighted by Crippen LogP contribution is 2.34. The van der Waals surface area contributed by atoms with Gasteiger partial charge in [-0.25, -0.2) is 9.37 Å². The van der Waals surface area contributed by atoms with Gasteiger partial charge in [0.1, 0.15) is 23.7 Å². The van der Waals surface area contributed by atoms with Crippen molar-refractivity contribution in [2.24, 2.45) is 5.92 Å². The van der Waals surface area contributed by atoms with Crippen molar-refractivity contribution < 1.29 is 31.9 Å². The molecule has 36 heavy (non-hydrogen) atoms. The molecule has 3 atom stereocenters. The minimum Gasteiger partial charge on any atom is -0.343 e. The van der Waals surface area contributed by atoms with Crippen molar-refractivity contribution >= 4 is 29.2 Å². The van der Waals surface area contributed by atoms with Crippen LogP contribution in [0.4, 0.5) is 29.1 Å². The van der Waals surface area contributed by atoms with Crippen molar-refractivity contribution in [3.63, 3.8) is 0 Å². The number of nitrogens with zero attached hydrogens (tertiary/aromatic N) is 2. The van der Waals surface area contributed by atoms with Gasteiger partial charge in [0, 0.05) is 12.6 Å². The van der Waals surface area contributed by atoms with Crippen LogP contribution in [0, 0.1) is 11.7 Å². The number of fused-ring (bicyclic) bond motifs is 1. The van der Waals surface area contributed by atoms with E-state index in [2.05, 4.69) is 20.9 Å². The molecular formula is C24H27F4N5O3. The van der Waals surface area contributed by atoms with Crippen LogP contribution in [0.2, 0.25) is 0 Å². The third-order valence-corrected chi connectivity index (χ3v) is 5.97. The van der Waals surface area contributed by atoms with Crippen molar-refractivity contribution in [1.29, 1.82) is 0 Å². The van der Waals surface area contributed by atoms with E-state index >= 15 is 0 Å². The number of amides is 3. The minimum atomic E-state index is -4.74. The molecule has 1 aliphatic heterocycles. The summed E-state index contributed by atoms with van der Waals surface area (Å²) in [7, 11) is 1.60. The minimum absolute atomic E-state index is 0.0503. The van der Waals surface area contributed by atoms with E-state index in [9.17, 15) is 31.9 Å². The van der Waals surface area contributed by atoms with Crippen LogP contribution in [0.1, 0.15) is 31.9 Å². The molecule has 0 bridgehead atoms. The van der Waals surface area contributed by atoms with Crippen LogP contribution in [0.5, 0.6) is 0 Å². The first-order valence-corrected chi connectivity index (χ1v) is 11.3. The number of rotatable bonds is 7. The molecule has 0 saturated carbocycles. The van der Waals surface area contributed by atoms with Crippen molar-refractivity contribution in [3.8, 4) is 0 Å². The Morgan fingerprint density at radius 3 is 2.42 bits per heavy atom. The van der Waals surface area contributed by atoms with Gasteiger partial charge in [-0.3, -0.25) is 19.3 Å². The van der Waals surface area contributed by atoms with Gasteiger partial charge in [0.15, 0.2) is 0 Å². The average molecular weight is 510 g/mol. The number of benzene rings is 1. The second kappa shape index (κ2) is 10.6. The summed E-state index contributed by atoms with van der Waals surface area (Å²) in [5, 5.41) is 7.77. The Hall–Kier alpha value is -3.54. The smallest absolute Gasteiger partial charge is 0.343 e. The second-order valence-electron chi connectivity index (χ2n) is 8.84. The number of carbonyl (C=O) groups excluding carboxylic acids is 3. The summed E-state index contributed by atoms with van der Waals surface area (Å²) in [5.74, 6) is -3.22. The Morgan fingerprint density at radius 1 is 1.14 bits per heavy atom. The largest absolute Gasteiger partial charge is 0.416 e. The van der Waals surface area contributed by atoms with E-state index < -0.39 is 59.1 Å². The summed E-state index contributed by atoms with van der Waals surface area (Å²) >= 11 is 0. The molecule has 0 saturated heterocycles. The van der Waals surface area contributed by atoms with Crippen LogP contribution in [-0.2, 0) is 27.0 Å². The van der Waals surface area contributed by atoms with E-state index in [4.69, 9.17) is 0 Å². The highest BCUT2D eigenvalue weighted by Gasteiger charge is 2.43. The number of alkyl halides is 3. The van der Waals surface area contributed by atoms with E-state index in [0.29, 0.717) is 11.6 Å². The number of anilines is 2. The number of carbonyl (C=O) groups is 3. The zero-order valence-corrected chi connectivity index (χ0v) is 20.1. The van der Waals surface area contributed by atoms with Gasteiger partial charge in [0.25, 0.3) is 5.91 Å². The molecular weight excluding hydrogens is 482 g/mol. The lowest BCUT2D eigenvalue weighted by molar-refractivity contribution is -0.137. The lowest BCUT2D eigenvalue weighted by Crippen LogP contribution is -2.57. The maximum absolute atomic E-state index is 14.4. The Kier molecular flexibility index (Phi) is 7.97. The monoisotopic (exact) mass is 509 g/mol. The summed E-state index contributed by atoms with van der Waals surface area (Å²) in [6, 6.07) is 2.33. The van der Waals surface area contributed by atoms with Crippen LogP contribution < -0.4 is 20.9 Å². The van der Waals surface area contributed by atoms with E-state index in [1.165, 1.54) is 6.20 Å². The van der Waals surface area contributed by atoms with Crippen LogP contribution in [0.25, 0.3) is 0 Å². The zero-order valence-electron chi connectivity index (χ0n) is 20.1. The van der Waals surface area contributed by atoms with Gasteiger partial charge in [-0.15, -0.1) is 0 Å². The van der Waals surface area contributed by atoms with Crippen LogP contribution >= 0.6 is 0 Å². The van der Waals surface area contributed by atoms with Gasteiger partial charge >= 0.3 is 6.18 Å². The predicted molar refractivity (Wildman–Crippen MR) is 125 cm³/mol. The number of nitrogens with one attached hydrogen (secondary N) is 3. The van der Waals surface area contributed by atoms with Gasteiger partial charge in [0.05, 0.1) is 17.3 Å². The van der Waals surface area contributed by atoms with Crippen LogP contribution in [0.15, 0.2) is 36.5 Å². The first-order chi connectivity index (χ1) is 16.8. The van der Waals surface area contributed by atoms with E-state index in [1.807, 2.05) is 0 Å². The number of halogens is 4. The molecule has 3 N–H and O–H groups in total. The van der Waals surface area contributed by atoms with Crippen LogP contribution in [0.3, 0.4) is 0 Å². The predicted octanol–water partition coefficient (Wildman–Crippen LogP) is 2.88. The summed E-state index contributed by atoms with van der Waals surface area (Å²) in [4.78, 5) is 44.7. The highest BCUT2D eigenvalue weighted by atomic mass is 19.4. The molecule has 2 heterocycles. The van der Waals surface area contributed by atoms with Crippen molar-refractivity contribution in [1.82, 2.24) is 15.6 Å². The lowest BCUT2D eigenvalue weighted by atomic mass is 10.0. The number of aromatic nitrogens is 1. The van der Waals surface area contributed by atoms with Crippen molar-refractivity contribution in [2.75, 3.05) is 17.3 Å². The third kappa shape index (κ3) is 5.64. The van der Waals surface area contributed by atoms with Gasteiger partial charge in [0.2, 0.25) is 11.8 Å². The Morgan fingerprint density at radius 2 is 1.83 bits per heavy atom. The summed E-state index contributed by atoms with van der Waals surface area (Å²) < 4.78 is 53.0. The molecule has 2 aromatic rings. The zero-order chi connectivity index (χ0) is 26.8. The van der Waals surface area contributed by atoms with Gasteiger partial charge in [-0.05, 0) is 49.7 Å². The molecule has 1 aromatic carbocycles.